The maximum atomic E-state index is 13.8. The topological polar surface area (TPSA) is 90.2 Å². The average molecular weight is 417 g/mol. The summed E-state index contributed by atoms with van der Waals surface area (Å²) < 4.78 is 0. The Kier molecular flexibility index (Phi) is 4.90. The standard InChI is InChI=1S/C24H36N2O4/c1-23-8-7-17-21(16(23)5-6-20(23)28)22(29)15(13-27)18-11-14(26-9-3-4-10-26)12-19(25-30)24(17,18)2/h14-18,21,27,30H,3-13H2,1-2H3/b25-19-/t14?,15?,16-,17+,18?,21-,23-,24+/m0/s1. The lowest BCUT2D eigenvalue weighted by Crippen LogP contribution is -2.65. The van der Waals surface area contributed by atoms with Crippen LogP contribution in [0.3, 0.4) is 0 Å². The number of aliphatic hydroxyl groups is 1. The van der Waals surface area contributed by atoms with Crippen molar-refractivity contribution in [2.45, 2.75) is 71.3 Å². The lowest BCUT2D eigenvalue weighted by molar-refractivity contribution is -0.160. The van der Waals surface area contributed by atoms with Crippen LogP contribution >= 0.6 is 0 Å². The summed E-state index contributed by atoms with van der Waals surface area (Å²) in [4.78, 5) is 29.0. The van der Waals surface area contributed by atoms with Crippen LogP contribution in [-0.4, -0.2) is 58.2 Å². The molecular formula is C24H36N2O4. The van der Waals surface area contributed by atoms with Gasteiger partial charge in [0.25, 0.3) is 0 Å². The van der Waals surface area contributed by atoms with Gasteiger partial charge in [-0.25, -0.2) is 0 Å². The minimum Gasteiger partial charge on any atom is -0.411 e. The van der Waals surface area contributed by atoms with Crippen molar-refractivity contribution in [1.82, 2.24) is 4.90 Å². The maximum Gasteiger partial charge on any atom is 0.142 e. The van der Waals surface area contributed by atoms with E-state index in [1.807, 2.05) is 0 Å². The SMILES string of the molecule is C[C@]12/C(=N\O)CC(N3CCCC3)CC1C(CO)C(=O)[C@@H]1[C@H]2CC[C@]2(C)C(=O)CC[C@@H]12. The molecule has 5 fully saturated rings. The van der Waals surface area contributed by atoms with Crippen molar-refractivity contribution in [3.8, 4) is 0 Å². The Morgan fingerprint density at radius 3 is 2.50 bits per heavy atom. The van der Waals surface area contributed by atoms with E-state index in [1.54, 1.807) is 0 Å². The number of hydrogen-bond donors (Lipinski definition) is 2. The first-order valence-electron chi connectivity index (χ1n) is 12.0. The van der Waals surface area contributed by atoms with Crippen LogP contribution in [0.1, 0.15) is 65.2 Å². The van der Waals surface area contributed by atoms with Gasteiger partial charge in [0, 0.05) is 41.5 Å². The second-order valence-corrected chi connectivity index (χ2v) is 11.1. The highest BCUT2D eigenvalue weighted by atomic mass is 16.4. The van der Waals surface area contributed by atoms with Crippen molar-refractivity contribution in [2.75, 3.05) is 19.7 Å². The molecule has 6 nitrogen and oxygen atoms in total. The number of aliphatic hydroxyl groups excluding tert-OH is 1. The molecule has 0 amide bonds. The fourth-order valence-corrected chi connectivity index (χ4v) is 8.53. The number of likely N-dealkylation sites (tertiary alicyclic amines) is 1. The molecule has 1 saturated heterocycles. The molecule has 0 aromatic carbocycles. The van der Waals surface area contributed by atoms with E-state index in [9.17, 15) is 19.9 Å². The van der Waals surface area contributed by atoms with E-state index in [2.05, 4.69) is 23.9 Å². The summed E-state index contributed by atoms with van der Waals surface area (Å²) in [6.07, 6.45) is 7.04. The number of Topliss-reactive ketones (excluding diaryl/α,β-unsaturated/α-hetero) is 2. The Labute approximate surface area is 179 Å². The lowest BCUT2D eigenvalue weighted by atomic mass is 9.42. The molecule has 1 heterocycles. The van der Waals surface area contributed by atoms with E-state index in [-0.39, 0.29) is 47.5 Å². The number of carbonyl (C=O) groups excluding carboxylic acids is 2. The minimum atomic E-state index is -0.420. The van der Waals surface area contributed by atoms with Crippen LogP contribution in [0, 0.1) is 40.4 Å². The molecule has 8 atom stereocenters. The first-order chi connectivity index (χ1) is 14.4. The van der Waals surface area contributed by atoms with Crippen LogP contribution in [0.2, 0.25) is 0 Å². The molecule has 6 heteroatoms. The number of oxime groups is 1. The summed E-state index contributed by atoms with van der Waals surface area (Å²) in [5.41, 5.74) is 0.0391. The monoisotopic (exact) mass is 416 g/mol. The quantitative estimate of drug-likeness (QED) is 0.534. The van der Waals surface area contributed by atoms with Crippen LogP contribution in [-0.2, 0) is 9.59 Å². The summed E-state index contributed by atoms with van der Waals surface area (Å²) in [5.74, 6) is 0.0370. The van der Waals surface area contributed by atoms with Crippen molar-refractivity contribution in [3.05, 3.63) is 0 Å². The second kappa shape index (κ2) is 7.13. The molecule has 4 aliphatic carbocycles. The third-order valence-electron chi connectivity index (χ3n) is 10.3. The Bertz CT molecular complexity index is 775. The van der Waals surface area contributed by atoms with Crippen LogP contribution in [0.5, 0.6) is 0 Å². The predicted molar refractivity (Wildman–Crippen MR) is 112 cm³/mol. The number of fused-ring (bicyclic) bond motifs is 5. The smallest absolute Gasteiger partial charge is 0.142 e. The zero-order valence-electron chi connectivity index (χ0n) is 18.3. The van der Waals surface area contributed by atoms with Crippen LogP contribution in [0.25, 0.3) is 0 Å². The third kappa shape index (κ3) is 2.59. The van der Waals surface area contributed by atoms with Crippen LogP contribution in [0.4, 0.5) is 0 Å². The van der Waals surface area contributed by atoms with E-state index >= 15 is 0 Å². The van der Waals surface area contributed by atoms with E-state index in [1.165, 1.54) is 12.8 Å². The van der Waals surface area contributed by atoms with Gasteiger partial charge >= 0.3 is 0 Å². The molecule has 2 N–H and O–H groups in total. The Morgan fingerprint density at radius 1 is 1.10 bits per heavy atom. The van der Waals surface area contributed by atoms with Crippen molar-refractivity contribution in [2.24, 2.45) is 45.6 Å². The Morgan fingerprint density at radius 2 is 1.83 bits per heavy atom. The highest BCUT2D eigenvalue weighted by Crippen LogP contribution is 2.65. The molecular weight excluding hydrogens is 380 g/mol. The zero-order valence-corrected chi connectivity index (χ0v) is 18.3. The second-order valence-electron chi connectivity index (χ2n) is 11.1. The van der Waals surface area contributed by atoms with Gasteiger partial charge in [-0.05, 0) is 69.4 Å². The average Bonchev–Trinajstić information content (AvgIpc) is 3.37. The normalized spacial score (nSPS) is 50.4. The van der Waals surface area contributed by atoms with Gasteiger partial charge in [-0.1, -0.05) is 19.0 Å². The van der Waals surface area contributed by atoms with Crippen LogP contribution < -0.4 is 0 Å². The molecule has 1 aliphatic heterocycles. The molecule has 5 aliphatic rings. The molecule has 0 radical (unpaired) electrons. The first-order valence-corrected chi connectivity index (χ1v) is 12.0. The van der Waals surface area contributed by atoms with Gasteiger partial charge in [0.2, 0.25) is 0 Å². The van der Waals surface area contributed by atoms with Gasteiger partial charge in [-0.2, -0.15) is 0 Å². The molecule has 166 valence electrons. The van der Waals surface area contributed by atoms with E-state index in [0.29, 0.717) is 12.2 Å². The fourth-order valence-electron chi connectivity index (χ4n) is 8.53. The number of carbonyl (C=O) groups is 2. The lowest BCUT2D eigenvalue weighted by Gasteiger charge is -2.61. The summed E-state index contributed by atoms with van der Waals surface area (Å²) in [5, 5.41) is 24.3. The van der Waals surface area contributed by atoms with Gasteiger partial charge in [0.05, 0.1) is 12.3 Å². The number of hydrogen-bond acceptors (Lipinski definition) is 6. The number of ketones is 2. The fraction of sp³-hybridized carbons (Fsp3) is 0.875. The highest BCUT2D eigenvalue weighted by molar-refractivity contribution is 5.97. The summed E-state index contributed by atoms with van der Waals surface area (Å²) >= 11 is 0. The van der Waals surface area contributed by atoms with Gasteiger partial charge < -0.3 is 10.3 Å². The molecule has 3 unspecified atom stereocenters. The zero-order chi connectivity index (χ0) is 21.3. The molecule has 5 rings (SSSR count). The van der Waals surface area contributed by atoms with Gasteiger partial charge in [0.15, 0.2) is 0 Å². The maximum absolute atomic E-state index is 13.8. The molecule has 30 heavy (non-hydrogen) atoms. The number of nitrogens with zero attached hydrogens (tertiary/aromatic N) is 2. The van der Waals surface area contributed by atoms with Crippen LogP contribution in [0.15, 0.2) is 5.16 Å². The van der Waals surface area contributed by atoms with E-state index in [4.69, 9.17) is 0 Å². The molecule has 0 aromatic heterocycles. The Hall–Kier alpha value is -1.27. The third-order valence-corrected chi connectivity index (χ3v) is 10.3. The summed E-state index contributed by atoms with van der Waals surface area (Å²) in [6, 6.07) is 0.289. The summed E-state index contributed by atoms with van der Waals surface area (Å²) in [6.45, 7) is 6.24. The van der Waals surface area contributed by atoms with Crippen molar-refractivity contribution in [1.29, 1.82) is 0 Å². The minimum absolute atomic E-state index is 0.00274. The summed E-state index contributed by atoms with van der Waals surface area (Å²) in [7, 11) is 0. The highest BCUT2D eigenvalue weighted by Gasteiger charge is 2.67. The molecule has 0 bridgehead atoms. The van der Waals surface area contributed by atoms with Gasteiger partial charge in [-0.15, -0.1) is 0 Å². The van der Waals surface area contributed by atoms with Gasteiger partial charge in [-0.3, -0.25) is 14.5 Å². The first kappa shape index (κ1) is 20.6. The largest absolute Gasteiger partial charge is 0.411 e. The van der Waals surface area contributed by atoms with Gasteiger partial charge in [0.1, 0.15) is 11.6 Å². The van der Waals surface area contributed by atoms with Crippen molar-refractivity contribution < 1.29 is 19.9 Å². The van der Waals surface area contributed by atoms with Crippen molar-refractivity contribution in [3.63, 3.8) is 0 Å². The molecule has 0 aromatic rings. The predicted octanol–water partition coefficient (Wildman–Crippen LogP) is 2.90. The van der Waals surface area contributed by atoms with Crippen molar-refractivity contribution >= 4 is 17.3 Å². The van der Waals surface area contributed by atoms with E-state index < -0.39 is 11.3 Å². The number of rotatable bonds is 2. The molecule has 4 saturated carbocycles. The van der Waals surface area contributed by atoms with E-state index in [0.717, 1.165) is 50.9 Å². The Balaban J connectivity index is 1.55. The molecule has 0 spiro atoms.